The molecule has 0 radical (unpaired) electrons. The van der Waals surface area contributed by atoms with Gasteiger partial charge in [-0.15, -0.1) is 0 Å². The Kier molecular flexibility index (Phi) is 5.25. The summed E-state index contributed by atoms with van der Waals surface area (Å²) in [5.41, 5.74) is 3.08. The largest absolute Gasteiger partial charge is 0.508 e. The smallest absolute Gasteiger partial charge is 0.188 e. The van der Waals surface area contributed by atoms with E-state index < -0.39 is 0 Å². The van der Waals surface area contributed by atoms with Crippen LogP contribution in [-0.4, -0.2) is 24.9 Å². The average Bonchev–Trinajstić information content (AvgIpc) is 3.36. The lowest BCUT2D eigenvalue weighted by Crippen LogP contribution is -2.20. The van der Waals surface area contributed by atoms with E-state index in [2.05, 4.69) is 58.5 Å². The Morgan fingerprint density at radius 3 is 2.57 bits per heavy atom. The quantitative estimate of drug-likeness (QED) is 0.442. The lowest BCUT2D eigenvalue weighted by Gasteiger charge is -2.26. The predicted molar refractivity (Wildman–Crippen MR) is 113 cm³/mol. The molecule has 2 aromatic carbocycles. The van der Waals surface area contributed by atoms with Crippen molar-refractivity contribution in [2.75, 3.05) is 5.32 Å². The molecule has 4 rings (SSSR count). The maximum Gasteiger partial charge on any atom is 0.188 e. The Labute approximate surface area is 167 Å². The Morgan fingerprint density at radius 1 is 1.11 bits per heavy atom. The minimum Gasteiger partial charge on any atom is -0.508 e. The van der Waals surface area contributed by atoms with Crippen molar-refractivity contribution in [2.45, 2.75) is 32.7 Å². The third-order valence-electron chi connectivity index (χ3n) is 5.09. The Balaban J connectivity index is 1.58. The molecule has 0 bridgehead atoms. The first kappa shape index (κ1) is 18.4. The zero-order chi connectivity index (χ0) is 19.5. The predicted octanol–water partition coefficient (Wildman–Crippen LogP) is 5.36. The average molecular weight is 394 g/mol. The first-order valence-corrected chi connectivity index (χ1v) is 10.3. The Bertz CT molecular complexity index is 1040. The van der Waals surface area contributed by atoms with Crippen molar-refractivity contribution in [3.8, 4) is 5.75 Å². The van der Waals surface area contributed by atoms with Gasteiger partial charge in [-0.05, 0) is 41.8 Å². The van der Waals surface area contributed by atoms with Gasteiger partial charge in [0.1, 0.15) is 18.4 Å². The number of hydrogen-bond acceptors (Lipinski definition) is 6. The summed E-state index contributed by atoms with van der Waals surface area (Å²) in [7, 11) is 0. The first-order valence-electron chi connectivity index (χ1n) is 9.48. The number of benzene rings is 2. The SMILES string of the molecule is CCC(CC)C(c1ccc(Nc2nc3ccc(O)cc3s2)cc1)n1cncn1. The number of thiazole rings is 1. The van der Waals surface area contributed by atoms with Crippen molar-refractivity contribution in [3.05, 3.63) is 60.7 Å². The maximum absolute atomic E-state index is 9.62. The van der Waals surface area contributed by atoms with E-state index in [1.807, 2.05) is 10.7 Å². The number of hydrogen-bond donors (Lipinski definition) is 2. The molecule has 0 spiro atoms. The van der Waals surface area contributed by atoms with E-state index >= 15 is 0 Å². The van der Waals surface area contributed by atoms with Crippen LogP contribution in [-0.2, 0) is 0 Å². The van der Waals surface area contributed by atoms with Crippen LogP contribution in [0.1, 0.15) is 38.3 Å². The van der Waals surface area contributed by atoms with Gasteiger partial charge in [0.15, 0.2) is 5.13 Å². The third-order valence-corrected chi connectivity index (χ3v) is 6.03. The summed E-state index contributed by atoms with van der Waals surface area (Å²) in [6.45, 7) is 4.44. The second-order valence-corrected chi connectivity index (χ2v) is 7.85. The van der Waals surface area contributed by atoms with Gasteiger partial charge in [0.05, 0.1) is 16.3 Å². The summed E-state index contributed by atoms with van der Waals surface area (Å²) < 4.78 is 2.92. The lowest BCUT2D eigenvalue weighted by molar-refractivity contribution is 0.332. The molecule has 6 nitrogen and oxygen atoms in total. The zero-order valence-electron chi connectivity index (χ0n) is 15.9. The normalized spacial score (nSPS) is 12.5. The summed E-state index contributed by atoms with van der Waals surface area (Å²) in [6.07, 6.45) is 5.56. The number of anilines is 2. The highest BCUT2D eigenvalue weighted by atomic mass is 32.1. The van der Waals surface area contributed by atoms with E-state index in [4.69, 9.17) is 0 Å². The first-order chi connectivity index (χ1) is 13.7. The molecule has 2 heterocycles. The van der Waals surface area contributed by atoms with Crippen molar-refractivity contribution in [3.63, 3.8) is 0 Å². The molecule has 144 valence electrons. The monoisotopic (exact) mass is 393 g/mol. The van der Waals surface area contributed by atoms with Crippen molar-refractivity contribution in [1.29, 1.82) is 0 Å². The van der Waals surface area contributed by atoms with Gasteiger partial charge in [-0.25, -0.2) is 14.6 Å². The van der Waals surface area contributed by atoms with Gasteiger partial charge in [0.2, 0.25) is 0 Å². The van der Waals surface area contributed by atoms with Crippen LogP contribution >= 0.6 is 11.3 Å². The minimum atomic E-state index is 0.178. The molecule has 0 saturated carbocycles. The van der Waals surface area contributed by atoms with Crippen LogP contribution in [0.15, 0.2) is 55.1 Å². The lowest BCUT2D eigenvalue weighted by atomic mass is 9.89. The summed E-state index contributed by atoms with van der Waals surface area (Å²) >= 11 is 1.52. The number of aromatic nitrogens is 4. The molecule has 1 atom stereocenters. The van der Waals surface area contributed by atoms with Gasteiger partial charge in [-0.2, -0.15) is 5.10 Å². The summed E-state index contributed by atoms with van der Waals surface area (Å²) in [6, 6.07) is 13.8. The maximum atomic E-state index is 9.62. The molecule has 2 aromatic heterocycles. The molecule has 0 saturated heterocycles. The van der Waals surface area contributed by atoms with Gasteiger partial charge >= 0.3 is 0 Å². The van der Waals surface area contributed by atoms with Crippen LogP contribution in [0.2, 0.25) is 0 Å². The van der Waals surface area contributed by atoms with Crippen LogP contribution in [0, 0.1) is 5.92 Å². The fourth-order valence-electron chi connectivity index (χ4n) is 3.59. The molecular weight excluding hydrogens is 370 g/mol. The Morgan fingerprint density at radius 2 is 1.89 bits per heavy atom. The zero-order valence-corrected chi connectivity index (χ0v) is 16.7. The minimum absolute atomic E-state index is 0.178. The molecule has 2 N–H and O–H groups in total. The van der Waals surface area contributed by atoms with E-state index in [1.165, 1.54) is 16.9 Å². The van der Waals surface area contributed by atoms with Crippen molar-refractivity contribution in [1.82, 2.24) is 19.7 Å². The summed E-state index contributed by atoms with van der Waals surface area (Å²) in [5, 5.41) is 18.2. The molecule has 0 aliphatic rings. The van der Waals surface area contributed by atoms with Crippen molar-refractivity contribution < 1.29 is 5.11 Å². The number of nitrogens with zero attached hydrogens (tertiary/aromatic N) is 4. The molecule has 0 fully saturated rings. The van der Waals surface area contributed by atoms with E-state index in [0.29, 0.717) is 5.92 Å². The van der Waals surface area contributed by atoms with E-state index in [1.54, 1.807) is 24.8 Å². The second kappa shape index (κ2) is 7.98. The van der Waals surface area contributed by atoms with Gasteiger partial charge in [-0.1, -0.05) is 50.2 Å². The topological polar surface area (TPSA) is 75.9 Å². The van der Waals surface area contributed by atoms with Gasteiger partial charge < -0.3 is 10.4 Å². The second-order valence-electron chi connectivity index (χ2n) is 6.81. The number of nitrogens with one attached hydrogen (secondary N) is 1. The van der Waals surface area contributed by atoms with Crippen LogP contribution in [0.5, 0.6) is 5.75 Å². The number of aromatic hydroxyl groups is 1. The van der Waals surface area contributed by atoms with Crippen molar-refractivity contribution in [2.24, 2.45) is 5.92 Å². The molecule has 0 aliphatic heterocycles. The van der Waals surface area contributed by atoms with E-state index in [-0.39, 0.29) is 11.8 Å². The molecule has 0 aliphatic carbocycles. The summed E-state index contributed by atoms with van der Waals surface area (Å²) in [5.74, 6) is 0.755. The molecule has 4 aromatic rings. The number of fused-ring (bicyclic) bond motifs is 1. The van der Waals surface area contributed by atoms with Gasteiger partial charge in [0.25, 0.3) is 0 Å². The molecular formula is C21H23N5OS. The molecule has 7 heteroatoms. The highest BCUT2D eigenvalue weighted by molar-refractivity contribution is 7.22. The molecule has 28 heavy (non-hydrogen) atoms. The van der Waals surface area contributed by atoms with Crippen molar-refractivity contribution >= 4 is 32.4 Å². The van der Waals surface area contributed by atoms with E-state index in [0.717, 1.165) is 33.9 Å². The van der Waals surface area contributed by atoms with Gasteiger partial charge in [0, 0.05) is 5.69 Å². The Hall–Kier alpha value is -2.93. The fraction of sp³-hybridized carbons (Fsp3) is 0.286. The highest BCUT2D eigenvalue weighted by Gasteiger charge is 2.23. The number of rotatable bonds is 7. The molecule has 0 amide bonds. The van der Waals surface area contributed by atoms with Crippen LogP contribution < -0.4 is 5.32 Å². The number of phenols is 1. The number of phenolic OH excluding ortho intramolecular Hbond substituents is 1. The molecule has 1 unspecified atom stereocenters. The standard InChI is InChI=1S/C21H23N5OS/c1-3-14(4-2)20(26-13-22-12-23-26)15-5-7-16(8-6-15)24-21-25-18-10-9-17(27)11-19(18)28-21/h5-14,20,27H,3-4H2,1-2H3,(H,24,25). The van der Waals surface area contributed by atoms with Crippen LogP contribution in [0.25, 0.3) is 10.2 Å². The van der Waals surface area contributed by atoms with Crippen LogP contribution in [0.3, 0.4) is 0 Å². The highest BCUT2D eigenvalue weighted by Crippen LogP contribution is 2.33. The summed E-state index contributed by atoms with van der Waals surface area (Å²) in [4.78, 5) is 8.71. The fourth-order valence-corrected chi connectivity index (χ4v) is 4.51. The third kappa shape index (κ3) is 3.71. The van der Waals surface area contributed by atoms with E-state index in [9.17, 15) is 5.11 Å². The van der Waals surface area contributed by atoms with Gasteiger partial charge in [-0.3, -0.25) is 0 Å². The van der Waals surface area contributed by atoms with Crippen LogP contribution in [0.4, 0.5) is 10.8 Å².